The number of hydrogen-bond donors (Lipinski definition) is 0. The lowest BCUT2D eigenvalue weighted by molar-refractivity contribution is -0.164. The van der Waals surface area contributed by atoms with Crippen LogP contribution in [-0.2, 0) is 19.1 Å². The molecule has 4 heteroatoms. The highest BCUT2D eigenvalue weighted by atomic mass is 16.5. The van der Waals surface area contributed by atoms with Gasteiger partial charge in [0.15, 0.2) is 0 Å². The molecule has 5 fully saturated rings. The van der Waals surface area contributed by atoms with Gasteiger partial charge in [-0.1, -0.05) is 25.5 Å². The highest BCUT2D eigenvalue weighted by Crippen LogP contribution is 2.66. The maximum atomic E-state index is 13.4. The van der Waals surface area contributed by atoms with Crippen LogP contribution in [0.4, 0.5) is 0 Å². The molecule has 0 radical (unpaired) electrons. The van der Waals surface area contributed by atoms with E-state index in [0.29, 0.717) is 23.7 Å². The van der Waals surface area contributed by atoms with Crippen molar-refractivity contribution >= 4 is 11.9 Å². The van der Waals surface area contributed by atoms with Crippen LogP contribution in [0.1, 0.15) is 97.8 Å². The number of carbonyl (C=O) groups excluding carboxylic acids is 2. The lowest BCUT2D eigenvalue weighted by Gasteiger charge is -2.57. The molecule has 6 aliphatic rings. The van der Waals surface area contributed by atoms with Crippen LogP contribution in [0.15, 0.2) is 11.6 Å². The SMILES string of the molecule is CC(=O)O[C@H]1CC[C@@]2(C)C(=CC[C@@H]3[C@H]4CC[C@@H](C(=O)O[C@H]5C[C@H]6CC[C@H]5C6)[C@]4(C)CC[C@H]32)C1. The Morgan fingerprint density at radius 2 is 1.79 bits per heavy atom. The predicted octanol–water partition coefficient (Wildman–Crippen LogP) is 6.23. The van der Waals surface area contributed by atoms with Gasteiger partial charge in [-0.25, -0.2) is 0 Å². The van der Waals surface area contributed by atoms with Gasteiger partial charge in [-0.3, -0.25) is 9.59 Å². The molecule has 0 saturated heterocycles. The molecule has 0 spiro atoms. The third-order valence-electron chi connectivity index (χ3n) is 11.6. The summed E-state index contributed by atoms with van der Waals surface area (Å²) < 4.78 is 11.8. The van der Waals surface area contributed by atoms with Gasteiger partial charge in [-0.2, -0.15) is 0 Å². The van der Waals surface area contributed by atoms with Crippen LogP contribution >= 0.6 is 0 Å². The Hall–Kier alpha value is -1.32. The summed E-state index contributed by atoms with van der Waals surface area (Å²) in [5, 5.41) is 0. The van der Waals surface area contributed by atoms with Crippen LogP contribution in [0.5, 0.6) is 0 Å². The second-order valence-electron chi connectivity index (χ2n) is 13.1. The Kier molecular flexibility index (Phi) is 5.27. The maximum absolute atomic E-state index is 13.4. The maximum Gasteiger partial charge on any atom is 0.309 e. The normalized spacial score (nSPS) is 50.1. The first-order chi connectivity index (χ1) is 15.8. The van der Waals surface area contributed by atoms with Crippen molar-refractivity contribution in [2.24, 2.45) is 46.3 Å². The van der Waals surface area contributed by atoms with E-state index in [1.807, 2.05) is 0 Å². The smallest absolute Gasteiger partial charge is 0.309 e. The summed E-state index contributed by atoms with van der Waals surface area (Å²) in [6.07, 6.45) is 16.5. The van der Waals surface area contributed by atoms with E-state index in [2.05, 4.69) is 19.9 Å². The Bertz CT molecular complexity index is 862. The zero-order valence-corrected chi connectivity index (χ0v) is 20.8. The van der Waals surface area contributed by atoms with Crippen LogP contribution in [-0.4, -0.2) is 24.1 Å². The quantitative estimate of drug-likeness (QED) is 0.375. The van der Waals surface area contributed by atoms with Gasteiger partial charge in [-0.15, -0.1) is 0 Å². The summed E-state index contributed by atoms with van der Waals surface area (Å²) in [6, 6.07) is 0. The molecule has 0 aromatic rings. The number of fused-ring (bicyclic) bond motifs is 7. The minimum Gasteiger partial charge on any atom is -0.462 e. The fraction of sp³-hybridized carbons (Fsp3) is 0.862. The summed E-state index contributed by atoms with van der Waals surface area (Å²) >= 11 is 0. The molecule has 0 N–H and O–H groups in total. The van der Waals surface area contributed by atoms with Crippen LogP contribution in [0.3, 0.4) is 0 Å². The fourth-order valence-corrected chi connectivity index (χ4v) is 9.91. The topological polar surface area (TPSA) is 52.6 Å². The van der Waals surface area contributed by atoms with E-state index in [1.165, 1.54) is 44.6 Å². The van der Waals surface area contributed by atoms with E-state index in [1.54, 1.807) is 0 Å². The Labute approximate surface area is 199 Å². The lowest BCUT2D eigenvalue weighted by atomic mass is 9.47. The van der Waals surface area contributed by atoms with Gasteiger partial charge in [-0.05, 0) is 111 Å². The van der Waals surface area contributed by atoms with E-state index in [-0.39, 0.29) is 40.9 Å². The molecule has 0 aromatic heterocycles. The van der Waals surface area contributed by atoms with E-state index in [0.717, 1.165) is 50.9 Å². The largest absolute Gasteiger partial charge is 0.462 e. The Morgan fingerprint density at radius 3 is 2.52 bits per heavy atom. The molecule has 5 saturated carbocycles. The average Bonchev–Trinajstić information content (AvgIpc) is 3.47. The van der Waals surface area contributed by atoms with E-state index in [9.17, 15) is 9.59 Å². The van der Waals surface area contributed by atoms with E-state index >= 15 is 0 Å². The highest BCUT2D eigenvalue weighted by molar-refractivity contribution is 5.74. The summed E-state index contributed by atoms with van der Waals surface area (Å²) in [4.78, 5) is 24.9. The Balaban J connectivity index is 1.17. The van der Waals surface area contributed by atoms with Crippen molar-refractivity contribution in [2.45, 2.75) is 110 Å². The zero-order chi connectivity index (χ0) is 23.0. The van der Waals surface area contributed by atoms with Gasteiger partial charge in [0.1, 0.15) is 12.2 Å². The van der Waals surface area contributed by atoms with E-state index in [4.69, 9.17) is 9.47 Å². The number of ether oxygens (including phenoxy) is 2. The van der Waals surface area contributed by atoms with Gasteiger partial charge >= 0.3 is 11.9 Å². The first-order valence-electron chi connectivity index (χ1n) is 13.8. The lowest BCUT2D eigenvalue weighted by Crippen LogP contribution is -2.51. The summed E-state index contributed by atoms with van der Waals surface area (Å²) in [5.74, 6) is 3.56. The summed E-state index contributed by atoms with van der Waals surface area (Å²) in [7, 11) is 0. The number of rotatable bonds is 3. The molecule has 10 atom stereocenters. The second kappa shape index (κ2) is 7.85. The van der Waals surface area contributed by atoms with Crippen molar-refractivity contribution in [2.75, 3.05) is 0 Å². The molecule has 33 heavy (non-hydrogen) atoms. The third-order valence-corrected chi connectivity index (χ3v) is 11.6. The molecule has 6 aliphatic carbocycles. The molecular weight excluding hydrogens is 412 g/mol. The standard InChI is InChI=1S/C29H42O4/c1-17(30)32-21-10-12-28(2)20(16-21)6-7-22-23-8-9-25(29(23,3)13-11-24(22)28)27(31)33-26-15-18-4-5-19(26)14-18/h6,18-19,21-26H,4-5,7-16H2,1-3H3/t18-,19-,21-,22+,23+,24+,25-,26-,28-,29+/m0/s1. The Morgan fingerprint density at radius 1 is 0.939 bits per heavy atom. The second-order valence-corrected chi connectivity index (χ2v) is 13.1. The van der Waals surface area contributed by atoms with Crippen LogP contribution in [0, 0.1) is 46.3 Å². The van der Waals surface area contributed by atoms with Gasteiger partial charge in [0.2, 0.25) is 0 Å². The monoisotopic (exact) mass is 454 g/mol. The molecular formula is C29H42O4. The first-order valence-corrected chi connectivity index (χ1v) is 13.8. The van der Waals surface area contributed by atoms with Gasteiger partial charge in [0.25, 0.3) is 0 Å². The predicted molar refractivity (Wildman–Crippen MR) is 126 cm³/mol. The molecule has 4 nitrogen and oxygen atoms in total. The van der Waals surface area contributed by atoms with Crippen LogP contribution in [0.2, 0.25) is 0 Å². The molecule has 0 heterocycles. The van der Waals surface area contributed by atoms with Crippen molar-refractivity contribution in [3.05, 3.63) is 11.6 Å². The summed E-state index contributed by atoms with van der Waals surface area (Å²) in [6.45, 7) is 6.44. The van der Waals surface area contributed by atoms with Crippen molar-refractivity contribution in [3.8, 4) is 0 Å². The van der Waals surface area contributed by atoms with Crippen LogP contribution in [0.25, 0.3) is 0 Å². The number of esters is 2. The van der Waals surface area contributed by atoms with Gasteiger partial charge < -0.3 is 9.47 Å². The molecule has 6 rings (SSSR count). The van der Waals surface area contributed by atoms with Crippen molar-refractivity contribution < 1.29 is 19.1 Å². The van der Waals surface area contributed by atoms with Gasteiger partial charge in [0, 0.05) is 13.3 Å². The molecule has 2 bridgehead atoms. The highest BCUT2D eigenvalue weighted by Gasteiger charge is 2.60. The third kappa shape index (κ3) is 3.44. The number of carbonyl (C=O) groups is 2. The van der Waals surface area contributed by atoms with Gasteiger partial charge in [0.05, 0.1) is 5.92 Å². The molecule has 182 valence electrons. The zero-order valence-electron chi connectivity index (χ0n) is 20.8. The first kappa shape index (κ1) is 22.2. The molecule has 0 aliphatic heterocycles. The van der Waals surface area contributed by atoms with E-state index < -0.39 is 0 Å². The minimum absolute atomic E-state index is 0.0590. The van der Waals surface area contributed by atoms with Crippen LogP contribution < -0.4 is 0 Å². The number of hydrogen-bond acceptors (Lipinski definition) is 4. The minimum atomic E-state index is -0.152. The molecule has 0 unspecified atom stereocenters. The molecule has 0 amide bonds. The summed E-state index contributed by atoms with van der Waals surface area (Å²) in [5.41, 5.74) is 1.88. The van der Waals surface area contributed by atoms with Crippen molar-refractivity contribution in [3.63, 3.8) is 0 Å². The van der Waals surface area contributed by atoms with Crippen molar-refractivity contribution in [1.29, 1.82) is 0 Å². The average molecular weight is 455 g/mol. The fourth-order valence-electron chi connectivity index (χ4n) is 9.91. The molecule has 0 aromatic carbocycles. The number of allylic oxidation sites excluding steroid dienone is 1. The van der Waals surface area contributed by atoms with Crippen molar-refractivity contribution in [1.82, 2.24) is 0 Å².